The minimum absolute atomic E-state index is 0.253. The molecular formula is C23H19BrN2O3. The molecule has 0 saturated heterocycles. The van der Waals surface area contributed by atoms with Gasteiger partial charge >= 0.3 is 0 Å². The number of halogens is 1. The summed E-state index contributed by atoms with van der Waals surface area (Å²) in [5.74, 6) is -0.320. The zero-order chi connectivity index (χ0) is 20.6. The van der Waals surface area contributed by atoms with Crippen LogP contribution in [0.2, 0.25) is 0 Å². The molecule has 0 aliphatic rings. The van der Waals surface area contributed by atoms with Crippen LogP contribution >= 0.6 is 15.9 Å². The Labute approximate surface area is 177 Å². The first-order valence-corrected chi connectivity index (χ1v) is 9.97. The van der Waals surface area contributed by atoms with Gasteiger partial charge in [0.2, 0.25) is 5.91 Å². The lowest BCUT2D eigenvalue weighted by Gasteiger charge is -2.13. The molecule has 0 spiro atoms. The van der Waals surface area contributed by atoms with E-state index in [1.807, 2.05) is 48.5 Å². The molecule has 3 N–H and O–H groups in total. The van der Waals surface area contributed by atoms with E-state index in [1.54, 1.807) is 30.3 Å². The zero-order valence-corrected chi connectivity index (χ0v) is 17.1. The quantitative estimate of drug-likeness (QED) is 0.399. The summed E-state index contributed by atoms with van der Waals surface area (Å²) < 4.78 is 5.80. The fourth-order valence-electron chi connectivity index (χ4n) is 2.89. The Hall–Kier alpha value is -3.38. The zero-order valence-electron chi connectivity index (χ0n) is 15.5. The SMILES string of the molecule is NC(=O)c1ccccc1NC(=O)/C=C/c1cccc(-c2ccccc2)c1OCBr. The first-order chi connectivity index (χ1) is 14.1. The van der Waals surface area contributed by atoms with Crippen LogP contribution in [0.4, 0.5) is 5.69 Å². The van der Waals surface area contributed by atoms with Crippen molar-refractivity contribution in [2.75, 3.05) is 10.8 Å². The van der Waals surface area contributed by atoms with Crippen molar-refractivity contribution in [2.45, 2.75) is 0 Å². The highest BCUT2D eigenvalue weighted by Gasteiger charge is 2.11. The van der Waals surface area contributed by atoms with Crippen LogP contribution < -0.4 is 15.8 Å². The number of anilines is 1. The van der Waals surface area contributed by atoms with E-state index in [2.05, 4.69) is 21.2 Å². The van der Waals surface area contributed by atoms with Gasteiger partial charge in [-0.1, -0.05) is 60.7 Å². The Morgan fingerprint density at radius 1 is 0.966 bits per heavy atom. The standard InChI is InChI=1S/C23H19BrN2O3/c24-15-29-22-17(9-6-11-18(22)16-7-2-1-3-8-16)13-14-21(27)26-20-12-5-4-10-19(20)23(25)28/h1-14H,15H2,(H2,25,28)(H,26,27)/b14-13+. The van der Waals surface area contributed by atoms with E-state index >= 15 is 0 Å². The maximum Gasteiger partial charge on any atom is 0.250 e. The number of hydrogen-bond acceptors (Lipinski definition) is 3. The second-order valence-corrected chi connectivity index (χ2v) is 6.53. The summed E-state index contributed by atoms with van der Waals surface area (Å²) in [4.78, 5) is 23.9. The predicted molar refractivity (Wildman–Crippen MR) is 119 cm³/mol. The minimum Gasteiger partial charge on any atom is -0.481 e. The Morgan fingerprint density at radius 2 is 1.69 bits per heavy atom. The molecule has 0 saturated carbocycles. The molecule has 0 heterocycles. The first-order valence-electron chi connectivity index (χ1n) is 8.85. The molecule has 6 heteroatoms. The maximum absolute atomic E-state index is 12.4. The lowest BCUT2D eigenvalue weighted by molar-refractivity contribution is -0.111. The number of benzene rings is 3. The van der Waals surface area contributed by atoms with Crippen LogP contribution in [0, 0.1) is 0 Å². The maximum atomic E-state index is 12.4. The molecular weight excluding hydrogens is 432 g/mol. The number of amides is 2. The molecule has 146 valence electrons. The number of carbonyl (C=O) groups is 2. The van der Waals surface area contributed by atoms with Gasteiger partial charge in [0.15, 0.2) is 0 Å². The molecule has 3 aromatic carbocycles. The van der Waals surface area contributed by atoms with Gasteiger partial charge in [0.05, 0.1) is 11.3 Å². The highest BCUT2D eigenvalue weighted by atomic mass is 79.9. The van der Waals surface area contributed by atoms with E-state index in [1.165, 1.54) is 6.08 Å². The monoisotopic (exact) mass is 450 g/mol. The summed E-state index contributed by atoms with van der Waals surface area (Å²) in [6.45, 7) is 0. The number of rotatable bonds is 7. The smallest absolute Gasteiger partial charge is 0.250 e. The summed E-state index contributed by atoms with van der Waals surface area (Å²) in [5, 5.41) is 2.68. The number of alkyl halides is 1. The predicted octanol–water partition coefficient (Wildman–Crippen LogP) is 4.84. The van der Waals surface area contributed by atoms with E-state index in [-0.39, 0.29) is 11.5 Å². The van der Waals surface area contributed by atoms with E-state index in [4.69, 9.17) is 10.5 Å². The van der Waals surface area contributed by atoms with Crippen LogP contribution in [0.1, 0.15) is 15.9 Å². The fourth-order valence-corrected chi connectivity index (χ4v) is 3.12. The highest BCUT2D eigenvalue weighted by molar-refractivity contribution is 9.09. The van der Waals surface area contributed by atoms with Crippen molar-refractivity contribution in [1.82, 2.24) is 0 Å². The van der Waals surface area contributed by atoms with Crippen LogP contribution in [0.3, 0.4) is 0 Å². The van der Waals surface area contributed by atoms with Crippen LogP contribution in [0.15, 0.2) is 78.9 Å². The third-order valence-corrected chi connectivity index (χ3v) is 4.42. The molecule has 3 aromatic rings. The Morgan fingerprint density at radius 3 is 2.41 bits per heavy atom. The summed E-state index contributed by atoms with van der Waals surface area (Å²) in [6, 6.07) is 22.2. The summed E-state index contributed by atoms with van der Waals surface area (Å²) in [5.41, 5.74) is 8.97. The van der Waals surface area contributed by atoms with Gasteiger partial charge in [-0.05, 0) is 39.7 Å². The van der Waals surface area contributed by atoms with Crippen molar-refractivity contribution in [3.05, 3.63) is 90.0 Å². The van der Waals surface area contributed by atoms with Gasteiger partial charge in [-0.25, -0.2) is 0 Å². The molecule has 29 heavy (non-hydrogen) atoms. The molecule has 2 amide bonds. The molecule has 0 aliphatic heterocycles. The number of carbonyl (C=O) groups excluding carboxylic acids is 2. The summed E-state index contributed by atoms with van der Waals surface area (Å²) in [7, 11) is 0. The lowest BCUT2D eigenvalue weighted by Crippen LogP contribution is -2.16. The van der Waals surface area contributed by atoms with Crippen molar-refractivity contribution in [3.63, 3.8) is 0 Å². The number of nitrogens with two attached hydrogens (primary N) is 1. The van der Waals surface area contributed by atoms with Crippen molar-refractivity contribution in [3.8, 4) is 16.9 Å². The number of para-hydroxylation sites is 2. The van der Waals surface area contributed by atoms with E-state index < -0.39 is 5.91 Å². The largest absolute Gasteiger partial charge is 0.481 e. The van der Waals surface area contributed by atoms with Gasteiger partial charge in [0.1, 0.15) is 11.3 Å². The number of ether oxygens (including phenoxy) is 1. The lowest BCUT2D eigenvalue weighted by atomic mass is 10.0. The normalized spacial score (nSPS) is 10.7. The van der Waals surface area contributed by atoms with E-state index in [0.29, 0.717) is 17.0 Å². The molecule has 0 bridgehead atoms. The van der Waals surface area contributed by atoms with Crippen LogP contribution in [0.25, 0.3) is 17.2 Å². The average molecular weight is 451 g/mol. The highest BCUT2D eigenvalue weighted by Crippen LogP contribution is 2.34. The van der Waals surface area contributed by atoms with Gasteiger partial charge in [-0.2, -0.15) is 0 Å². The number of hydrogen-bond donors (Lipinski definition) is 2. The molecule has 0 aromatic heterocycles. The summed E-state index contributed by atoms with van der Waals surface area (Å²) >= 11 is 3.30. The molecule has 0 fully saturated rings. The fraction of sp³-hybridized carbons (Fsp3) is 0.0435. The Balaban J connectivity index is 1.87. The van der Waals surface area contributed by atoms with Crippen LogP contribution in [0.5, 0.6) is 5.75 Å². The van der Waals surface area contributed by atoms with Gasteiger partial charge in [0.25, 0.3) is 5.91 Å². The van der Waals surface area contributed by atoms with Crippen LogP contribution in [-0.2, 0) is 4.79 Å². The van der Waals surface area contributed by atoms with Crippen LogP contribution in [-0.4, -0.2) is 17.3 Å². The second-order valence-electron chi connectivity index (χ2n) is 6.08. The van der Waals surface area contributed by atoms with Gasteiger partial charge < -0.3 is 15.8 Å². The molecule has 3 rings (SSSR count). The number of primary amides is 1. The molecule has 0 unspecified atom stereocenters. The van der Waals surface area contributed by atoms with Gasteiger partial charge in [0, 0.05) is 17.2 Å². The molecule has 0 radical (unpaired) electrons. The van der Waals surface area contributed by atoms with Crippen molar-refractivity contribution < 1.29 is 14.3 Å². The molecule has 0 atom stereocenters. The first kappa shape index (κ1) is 20.4. The van der Waals surface area contributed by atoms with Gasteiger partial charge in [-0.3, -0.25) is 9.59 Å². The van der Waals surface area contributed by atoms with Crippen molar-refractivity contribution >= 4 is 39.5 Å². The Kier molecular flexibility index (Phi) is 6.81. The topological polar surface area (TPSA) is 81.4 Å². The Bertz CT molecular complexity index is 1050. The minimum atomic E-state index is -0.603. The van der Waals surface area contributed by atoms with Gasteiger partial charge in [-0.15, -0.1) is 0 Å². The average Bonchev–Trinajstić information content (AvgIpc) is 2.74. The van der Waals surface area contributed by atoms with Crippen molar-refractivity contribution in [1.29, 1.82) is 0 Å². The second kappa shape index (κ2) is 9.71. The molecule has 5 nitrogen and oxygen atoms in total. The number of nitrogens with one attached hydrogen (secondary N) is 1. The molecule has 0 aliphatic carbocycles. The third kappa shape index (κ3) is 5.12. The third-order valence-electron chi connectivity index (χ3n) is 4.19. The van der Waals surface area contributed by atoms with Crippen molar-refractivity contribution in [2.24, 2.45) is 5.73 Å². The summed E-state index contributed by atoms with van der Waals surface area (Å²) in [6.07, 6.45) is 3.07. The van der Waals surface area contributed by atoms with E-state index in [9.17, 15) is 9.59 Å². The van der Waals surface area contributed by atoms with E-state index in [0.717, 1.165) is 16.7 Å².